The molecular weight excluding hydrogens is 511 g/mol. The van der Waals surface area contributed by atoms with Crippen LogP contribution in [0.1, 0.15) is 52.6 Å². The number of carbonyl (C=O) groups excluding carboxylic acids is 1. The third-order valence-electron chi connectivity index (χ3n) is 6.75. The second-order valence-electron chi connectivity index (χ2n) is 9.41. The fourth-order valence-electron chi connectivity index (χ4n) is 4.68. The minimum absolute atomic E-state index is 0.0121. The van der Waals surface area contributed by atoms with Crippen molar-refractivity contribution < 1.29 is 9.18 Å². The van der Waals surface area contributed by atoms with E-state index in [1.807, 2.05) is 15.2 Å². The fraction of sp³-hybridized carbons (Fsp3) is 0.240. The van der Waals surface area contributed by atoms with E-state index in [9.17, 15) is 9.18 Å². The van der Waals surface area contributed by atoms with Gasteiger partial charge in [0.05, 0.1) is 41.2 Å². The van der Waals surface area contributed by atoms with E-state index >= 15 is 0 Å². The molecule has 0 amide bonds. The van der Waals surface area contributed by atoms with Crippen molar-refractivity contribution in [2.24, 2.45) is 0 Å². The van der Waals surface area contributed by atoms with Crippen molar-refractivity contribution in [1.29, 1.82) is 0 Å². The highest BCUT2D eigenvalue weighted by molar-refractivity contribution is 6.31. The Labute approximate surface area is 219 Å². The Balaban J connectivity index is 1.09. The zero-order valence-electron chi connectivity index (χ0n) is 19.9. The van der Waals surface area contributed by atoms with Gasteiger partial charge in [0.1, 0.15) is 23.9 Å². The number of carbonyl (C=O) groups is 1. The molecule has 1 aliphatic rings. The Morgan fingerprint density at radius 3 is 2.76 bits per heavy atom. The number of ketones is 1. The van der Waals surface area contributed by atoms with Gasteiger partial charge in [-0.3, -0.25) is 9.36 Å². The lowest BCUT2D eigenvalue weighted by Gasteiger charge is -2.07. The van der Waals surface area contributed by atoms with E-state index in [0.717, 1.165) is 17.0 Å². The van der Waals surface area contributed by atoms with Crippen LogP contribution in [0, 0.1) is 5.82 Å². The maximum atomic E-state index is 14.5. The van der Waals surface area contributed by atoms with Crippen molar-refractivity contribution in [3.63, 3.8) is 0 Å². The highest BCUT2D eigenvalue weighted by Gasteiger charge is 2.25. The van der Waals surface area contributed by atoms with Gasteiger partial charge in [-0.1, -0.05) is 16.8 Å². The van der Waals surface area contributed by atoms with Crippen LogP contribution in [0.3, 0.4) is 0 Å². The van der Waals surface area contributed by atoms with Gasteiger partial charge in [-0.15, -0.1) is 15.3 Å². The van der Waals surface area contributed by atoms with Crippen LogP contribution in [0.25, 0.3) is 16.9 Å². The average Bonchev–Trinajstić information content (AvgIpc) is 3.33. The van der Waals surface area contributed by atoms with Crippen molar-refractivity contribution in [3.05, 3.63) is 89.4 Å². The summed E-state index contributed by atoms with van der Waals surface area (Å²) in [5.41, 5.74) is 4.68. The number of aromatic nitrogens is 10. The molecule has 0 spiro atoms. The molecule has 7 rings (SSSR count). The molecule has 13 heteroatoms. The average molecular weight is 531 g/mol. The van der Waals surface area contributed by atoms with E-state index < -0.39 is 5.82 Å². The van der Waals surface area contributed by atoms with Crippen LogP contribution in [0.5, 0.6) is 0 Å². The largest absolute Gasteiger partial charge is 0.305 e. The summed E-state index contributed by atoms with van der Waals surface area (Å²) in [6, 6.07) is 3.60. The number of imidazole rings is 2. The van der Waals surface area contributed by atoms with Gasteiger partial charge >= 0.3 is 0 Å². The van der Waals surface area contributed by atoms with Crippen molar-refractivity contribution in [3.8, 4) is 5.69 Å². The fourth-order valence-corrected chi connectivity index (χ4v) is 4.83. The van der Waals surface area contributed by atoms with E-state index in [1.165, 1.54) is 30.8 Å². The van der Waals surface area contributed by atoms with E-state index in [-0.39, 0.29) is 34.9 Å². The zero-order valence-corrected chi connectivity index (χ0v) is 20.7. The molecule has 1 aliphatic carbocycles. The SMILES string of the molecule is O=C(CCc1ncn2ccc(Cl)c(F)c12)c1cn(Cc2cn3cc(C4CC4)cc(-n4cnnc4)c3n2)nn1. The van der Waals surface area contributed by atoms with Gasteiger partial charge < -0.3 is 8.80 Å². The summed E-state index contributed by atoms with van der Waals surface area (Å²) >= 11 is 5.91. The van der Waals surface area contributed by atoms with E-state index in [1.54, 1.807) is 34.1 Å². The summed E-state index contributed by atoms with van der Waals surface area (Å²) < 4.78 is 21.5. The Morgan fingerprint density at radius 1 is 1.11 bits per heavy atom. The molecule has 1 fully saturated rings. The Bertz CT molecular complexity index is 1810. The number of Topliss-reactive ketones (excluding diaryl/α,β-unsaturated/α-hetero) is 1. The first-order valence-electron chi connectivity index (χ1n) is 12.1. The van der Waals surface area contributed by atoms with Crippen LogP contribution >= 0.6 is 11.6 Å². The molecule has 6 aromatic rings. The summed E-state index contributed by atoms with van der Waals surface area (Å²) in [6.45, 7) is 0.345. The quantitative estimate of drug-likeness (QED) is 0.276. The van der Waals surface area contributed by atoms with Crippen molar-refractivity contribution in [1.82, 2.24) is 48.5 Å². The molecule has 0 atom stereocenters. The molecule has 0 bridgehead atoms. The van der Waals surface area contributed by atoms with Gasteiger partial charge in [0.2, 0.25) is 0 Å². The molecule has 0 radical (unpaired) electrons. The zero-order chi connectivity index (χ0) is 25.8. The number of hydrogen-bond acceptors (Lipinski definition) is 7. The lowest BCUT2D eigenvalue weighted by molar-refractivity contribution is 0.0977. The number of rotatable bonds is 8. The highest BCUT2D eigenvalue weighted by Crippen LogP contribution is 2.41. The lowest BCUT2D eigenvalue weighted by Crippen LogP contribution is -2.03. The molecule has 1 saturated carbocycles. The van der Waals surface area contributed by atoms with Gasteiger partial charge in [-0.2, -0.15) is 0 Å². The molecule has 6 aromatic heterocycles. The first-order valence-corrected chi connectivity index (χ1v) is 12.5. The summed E-state index contributed by atoms with van der Waals surface area (Å²) in [5, 5.41) is 16.1. The molecule has 0 N–H and O–H groups in total. The van der Waals surface area contributed by atoms with Gasteiger partial charge in [0, 0.05) is 25.0 Å². The van der Waals surface area contributed by atoms with Crippen molar-refractivity contribution >= 4 is 28.5 Å². The molecule has 38 heavy (non-hydrogen) atoms. The van der Waals surface area contributed by atoms with Gasteiger partial charge in [0.25, 0.3) is 0 Å². The first kappa shape index (κ1) is 22.7. The minimum Gasteiger partial charge on any atom is -0.305 e. The summed E-state index contributed by atoms with van der Waals surface area (Å²) in [5.74, 6) is -0.193. The third kappa shape index (κ3) is 4.02. The van der Waals surface area contributed by atoms with Gasteiger partial charge in [-0.05, 0) is 42.9 Å². The molecule has 0 aliphatic heterocycles. The van der Waals surface area contributed by atoms with Crippen LogP contribution in [0.4, 0.5) is 4.39 Å². The molecule has 190 valence electrons. The number of nitrogens with zero attached hydrogens (tertiary/aromatic N) is 10. The normalized spacial score (nSPS) is 13.6. The topological polar surface area (TPSA) is 113 Å². The second-order valence-corrected chi connectivity index (χ2v) is 9.82. The maximum absolute atomic E-state index is 14.5. The number of pyridine rings is 2. The van der Waals surface area contributed by atoms with Crippen LogP contribution < -0.4 is 0 Å². The summed E-state index contributed by atoms with van der Waals surface area (Å²) in [4.78, 5) is 21.9. The molecular formula is C25H20ClFN10O. The number of hydrogen-bond donors (Lipinski definition) is 0. The molecule has 0 saturated heterocycles. The predicted octanol–water partition coefficient (Wildman–Crippen LogP) is 3.69. The van der Waals surface area contributed by atoms with E-state index in [4.69, 9.17) is 16.6 Å². The molecule has 6 heterocycles. The van der Waals surface area contributed by atoms with Crippen molar-refractivity contribution in [2.75, 3.05) is 0 Å². The summed E-state index contributed by atoms with van der Waals surface area (Å²) in [7, 11) is 0. The Kier molecular flexibility index (Phi) is 5.28. The van der Waals surface area contributed by atoms with Gasteiger partial charge in [-0.25, -0.2) is 19.0 Å². The van der Waals surface area contributed by atoms with Crippen molar-refractivity contribution in [2.45, 2.75) is 38.1 Å². The molecule has 0 aromatic carbocycles. The third-order valence-corrected chi connectivity index (χ3v) is 7.05. The number of aryl methyl sites for hydroxylation is 1. The monoisotopic (exact) mass is 530 g/mol. The second kappa shape index (κ2) is 8.84. The van der Waals surface area contributed by atoms with E-state index in [0.29, 0.717) is 18.2 Å². The standard InChI is InChI=1S/C25H20ClFN10O/c26-18-5-6-34-12-28-19(24(34)23(18)27)3-4-22(38)20-11-37(33-32-20)10-17-9-35-8-16(15-1-2-15)7-21(25(35)31-17)36-13-29-30-14-36/h5-9,11-15H,1-4,10H2. The smallest absolute Gasteiger partial charge is 0.185 e. The van der Waals surface area contributed by atoms with Crippen LogP contribution in [0.2, 0.25) is 5.02 Å². The highest BCUT2D eigenvalue weighted by atomic mass is 35.5. The van der Waals surface area contributed by atoms with Crippen LogP contribution in [-0.4, -0.2) is 54.3 Å². The number of halogens is 2. The maximum Gasteiger partial charge on any atom is 0.185 e. The van der Waals surface area contributed by atoms with Gasteiger partial charge in [0.15, 0.2) is 17.2 Å². The lowest BCUT2D eigenvalue weighted by atomic mass is 10.1. The number of fused-ring (bicyclic) bond motifs is 2. The summed E-state index contributed by atoms with van der Waals surface area (Å²) in [6.07, 6.45) is 14.9. The Hall–Kier alpha value is -4.45. The van der Waals surface area contributed by atoms with E-state index in [2.05, 4.69) is 37.8 Å². The first-order chi connectivity index (χ1) is 18.5. The molecule has 0 unspecified atom stereocenters. The van der Waals surface area contributed by atoms with Crippen LogP contribution in [-0.2, 0) is 13.0 Å². The minimum atomic E-state index is -0.552. The van der Waals surface area contributed by atoms with Crippen LogP contribution in [0.15, 0.2) is 55.9 Å². The Morgan fingerprint density at radius 2 is 1.95 bits per heavy atom. The predicted molar refractivity (Wildman–Crippen MR) is 134 cm³/mol. The molecule has 11 nitrogen and oxygen atoms in total.